The molecule has 1 saturated heterocycles. The molecule has 1 aliphatic heterocycles. The number of H-pyrrole nitrogens is 1. The Morgan fingerprint density at radius 3 is 2.55 bits per heavy atom. The first-order valence-electron chi connectivity index (χ1n) is 10.5. The van der Waals surface area contributed by atoms with Crippen molar-refractivity contribution >= 4 is 28.2 Å². The molecule has 0 bridgehead atoms. The maximum atomic E-state index is 15.0. The summed E-state index contributed by atoms with van der Waals surface area (Å²) in [6, 6.07) is 11.6. The van der Waals surface area contributed by atoms with Gasteiger partial charge in [0.2, 0.25) is 0 Å². The maximum absolute atomic E-state index is 15.0. The molecular formula is C25H29FN4O. The highest BCUT2D eigenvalue weighted by atomic mass is 19.1. The van der Waals surface area contributed by atoms with E-state index >= 15 is 0 Å². The predicted octanol–water partition coefficient (Wildman–Crippen LogP) is 5.02. The standard InChI is InChI=1S/C23H23FN4O.C2H6/c1-15-9-10-25-22-21(15)19(13-26-22)16(2)23(29)28-12-11-27(14-20(28)24)17(3)18-7-5-4-6-8-18;1-2/h4-10,13,20H,2-3,11-12,14H2,1H3,(H,25,26);1-2H3/t20-;/m0./s1. The fourth-order valence-electron chi connectivity index (χ4n) is 3.77. The van der Waals surface area contributed by atoms with Gasteiger partial charge in [-0.15, -0.1) is 0 Å². The minimum absolute atomic E-state index is 0.0845. The van der Waals surface area contributed by atoms with Crippen molar-refractivity contribution in [1.82, 2.24) is 19.8 Å². The summed E-state index contributed by atoms with van der Waals surface area (Å²) in [5, 5.41) is 0.845. The Morgan fingerprint density at radius 1 is 1.16 bits per heavy atom. The first kappa shape index (κ1) is 22.3. The lowest BCUT2D eigenvalue weighted by Gasteiger charge is -2.39. The summed E-state index contributed by atoms with van der Waals surface area (Å²) in [6.07, 6.45) is 1.99. The maximum Gasteiger partial charge on any atom is 0.256 e. The number of pyridine rings is 1. The number of rotatable bonds is 4. The summed E-state index contributed by atoms with van der Waals surface area (Å²) >= 11 is 0. The topological polar surface area (TPSA) is 52.2 Å². The van der Waals surface area contributed by atoms with Gasteiger partial charge in [0.05, 0.1) is 6.54 Å². The second-order valence-corrected chi connectivity index (χ2v) is 7.22. The zero-order valence-electron chi connectivity index (χ0n) is 18.4. The molecular weight excluding hydrogens is 391 g/mol. The van der Waals surface area contributed by atoms with Gasteiger partial charge in [-0.2, -0.15) is 0 Å². The average molecular weight is 421 g/mol. The number of alkyl halides is 1. The normalized spacial score (nSPS) is 15.9. The van der Waals surface area contributed by atoms with Crippen LogP contribution in [0, 0.1) is 6.92 Å². The Kier molecular flexibility index (Phi) is 6.90. The van der Waals surface area contributed by atoms with Gasteiger partial charge >= 0.3 is 0 Å². The third kappa shape index (κ3) is 4.38. The number of carbonyl (C=O) groups is 1. The second kappa shape index (κ2) is 9.60. The number of aromatic amines is 1. The highest BCUT2D eigenvalue weighted by molar-refractivity contribution is 6.22. The number of nitrogens with zero attached hydrogens (tertiary/aromatic N) is 3. The van der Waals surface area contributed by atoms with Gasteiger partial charge in [0.25, 0.3) is 5.91 Å². The van der Waals surface area contributed by atoms with Crippen molar-refractivity contribution in [3.05, 3.63) is 78.6 Å². The van der Waals surface area contributed by atoms with E-state index < -0.39 is 12.2 Å². The number of aromatic nitrogens is 2. The van der Waals surface area contributed by atoms with Crippen molar-refractivity contribution in [3.63, 3.8) is 0 Å². The van der Waals surface area contributed by atoms with Crippen molar-refractivity contribution in [2.75, 3.05) is 19.6 Å². The van der Waals surface area contributed by atoms with Crippen LogP contribution in [-0.2, 0) is 4.79 Å². The van der Waals surface area contributed by atoms with Crippen LogP contribution in [0.1, 0.15) is 30.5 Å². The molecule has 1 atom stereocenters. The molecule has 1 amide bonds. The highest BCUT2D eigenvalue weighted by Crippen LogP contribution is 2.29. The van der Waals surface area contributed by atoms with Crippen molar-refractivity contribution in [2.24, 2.45) is 0 Å². The summed E-state index contributed by atoms with van der Waals surface area (Å²) in [5.41, 5.74) is 4.32. The number of carbonyl (C=O) groups excluding carboxylic acids is 1. The van der Waals surface area contributed by atoms with Crippen molar-refractivity contribution in [3.8, 4) is 0 Å². The summed E-state index contributed by atoms with van der Waals surface area (Å²) < 4.78 is 15.0. The van der Waals surface area contributed by atoms with Crippen LogP contribution in [0.5, 0.6) is 0 Å². The molecule has 1 aliphatic rings. The molecule has 3 heterocycles. The molecule has 0 spiro atoms. The van der Waals surface area contributed by atoms with E-state index in [9.17, 15) is 9.18 Å². The number of halogens is 1. The number of hydrogen-bond donors (Lipinski definition) is 1. The number of hydrogen-bond acceptors (Lipinski definition) is 3. The van der Waals surface area contributed by atoms with Gasteiger partial charge in [0, 0.05) is 47.7 Å². The zero-order valence-corrected chi connectivity index (χ0v) is 18.4. The molecule has 0 saturated carbocycles. The van der Waals surface area contributed by atoms with Crippen LogP contribution >= 0.6 is 0 Å². The summed E-state index contributed by atoms with van der Waals surface area (Å²) in [4.78, 5) is 23.5. The molecule has 0 radical (unpaired) electrons. The Hall–Kier alpha value is -3.41. The van der Waals surface area contributed by atoms with E-state index in [1.807, 2.05) is 62.1 Å². The van der Waals surface area contributed by atoms with Crippen LogP contribution < -0.4 is 0 Å². The minimum atomic E-state index is -1.43. The molecule has 0 aliphatic carbocycles. The number of piperazine rings is 1. The fourth-order valence-corrected chi connectivity index (χ4v) is 3.77. The van der Waals surface area contributed by atoms with Gasteiger partial charge in [0.1, 0.15) is 5.65 Å². The van der Waals surface area contributed by atoms with Crippen LogP contribution in [0.3, 0.4) is 0 Å². The predicted molar refractivity (Wildman–Crippen MR) is 125 cm³/mol. The average Bonchev–Trinajstić information content (AvgIpc) is 3.25. The third-order valence-corrected chi connectivity index (χ3v) is 5.43. The van der Waals surface area contributed by atoms with Gasteiger partial charge in [-0.3, -0.25) is 4.79 Å². The van der Waals surface area contributed by atoms with Gasteiger partial charge in [-0.1, -0.05) is 57.3 Å². The first-order valence-corrected chi connectivity index (χ1v) is 10.5. The molecule has 1 fully saturated rings. The highest BCUT2D eigenvalue weighted by Gasteiger charge is 2.33. The Bertz CT molecular complexity index is 1090. The van der Waals surface area contributed by atoms with Gasteiger partial charge in [0.15, 0.2) is 6.30 Å². The van der Waals surface area contributed by atoms with E-state index in [1.54, 1.807) is 12.4 Å². The summed E-state index contributed by atoms with van der Waals surface area (Å²) in [5.74, 6) is -0.397. The summed E-state index contributed by atoms with van der Waals surface area (Å²) in [7, 11) is 0. The summed E-state index contributed by atoms with van der Waals surface area (Å²) in [6.45, 7) is 14.9. The molecule has 1 N–H and O–H groups in total. The van der Waals surface area contributed by atoms with E-state index in [-0.39, 0.29) is 18.7 Å². The van der Waals surface area contributed by atoms with E-state index in [4.69, 9.17) is 0 Å². The molecule has 162 valence electrons. The van der Waals surface area contributed by atoms with E-state index in [0.717, 1.165) is 22.2 Å². The second-order valence-electron chi connectivity index (χ2n) is 7.22. The van der Waals surface area contributed by atoms with Crippen molar-refractivity contribution in [1.29, 1.82) is 0 Å². The largest absolute Gasteiger partial charge is 0.365 e. The smallest absolute Gasteiger partial charge is 0.256 e. The lowest BCUT2D eigenvalue weighted by Crippen LogP contribution is -2.52. The minimum Gasteiger partial charge on any atom is -0.365 e. The lowest BCUT2D eigenvalue weighted by molar-refractivity contribution is -0.133. The molecule has 5 nitrogen and oxygen atoms in total. The fraction of sp³-hybridized carbons (Fsp3) is 0.280. The van der Waals surface area contributed by atoms with Crippen LogP contribution in [0.4, 0.5) is 4.39 Å². The van der Waals surface area contributed by atoms with Crippen LogP contribution in [0.2, 0.25) is 0 Å². The number of amides is 1. The number of nitrogens with one attached hydrogen (secondary N) is 1. The van der Waals surface area contributed by atoms with Gasteiger partial charge < -0.3 is 14.8 Å². The molecule has 1 aromatic carbocycles. The molecule has 2 aromatic heterocycles. The SMILES string of the molecule is C=C(C(=O)N1CCN(C(=C)c2ccccc2)C[C@H]1F)c1c[nH]c2nccc(C)c12.CC. The quantitative estimate of drug-likeness (QED) is 0.476. The molecule has 4 rings (SSSR count). The van der Waals surface area contributed by atoms with Gasteiger partial charge in [-0.25, -0.2) is 9.37 Å². The zero-order chi connectivity index (χ0) is 22.5. The Labute approximate surface area is 182 Å². The monoisotopic (exact) mass is 420 g/mol. The molecule has 3 aromatic rings. The van der Waals surface area contributed by atoms with E-state index in [1.165, 1.54) is 4.90 Å². The molecule has 0 unspecified atom stereocenters. The first-order chi connectivity index (χ1) is 15.0. The number of fused-ring (bicyclic) bond motifs is 1. The Balaban J connectivity index is 0.00000132. The number of benzene rings is 1. The number of aryl methyl sites for hydroxylation is 1. The van der Waals surface area contributed by atoms with E-state index in [0.29, 0.717) is 17.8 Å². The Morgan fingerprint density at radius 2 is 1.87 bits per heavy atom. The molecule has 6 heteroatoms. The van der Waals surface area contributed by atoms with Crippen LogP contribution in [0.25, 0.3) is 22.3 Å². The van der Waals surface area contributed by atoms with Crippen LogP contribution in [0.15, 0.2) is 61.9 Å². The van der Waals surface area contributed by atoms with Gasteiger partial charge in [-0.05, 0) is 24.1 Å². The van der Waals surface area contributed by atoms with Crippen molar-refractivity contribution in [2.45, 2.75) is 27.1 Å². The van der Waals surface area contributed by atoms with Crippen LogP contribution in [-0.4, -0.2) is 51.6 Å². The van der Waals surface area contributed by atoms with E-state index in [2.05, 4.69) is 23.1 Å². The third-order valence-electron chi connectivity index (χ3n) is 5.43. The van der Waals surface area contributed by atoms with Crippen molar-refractivity contribution < 1.29 is 9.18 Å². The molecule has 31 heavy (non-hydrogen) atoms. The lowest BCUT2D eigenvalue weighted by atomic mass is 10.0.